The number of anilines is 1. The lowest BCUT2D eigenvalue weighted by molar-refractivity contribution is -0.115. The van der Waals surface area contributed by atoms with Gasteiger partial charge in [0, 0.05) is 5.69 Å². The maximum Gasteiger partial charge on any atom is 0.238 e. The van der Waals surface area contributed by atoms with Gasteiger partial charge in [-0.1, -0.05) is 28.9 Å². The third-order valence-corrected chi connectivity index (χ3v) is 3.78. The highest BCUT2D eigenvalue weighted by Crippen LogP contribution is 2.19. The quantitative estimate of drug-likeness (QED) is 0.874. The van der Waals surface area contributed by atoms with Gasteiger partial charge in [0.25, 0.3) is 0 Å². The molecule has 0 radical (unpaired) electrons. The van der Waals surface area contributed by atoms with Gasteiger partial charge in [-0.2, -0.15) is 0 Å². The minimum Gasteiger partial charge on any atom is -0.325 e. The molecule has 6 nitrogen and oxygen atoms in total. The average molecular weight is 324 g/mol. The zero-order valence-electron chi connectivity index (χ0n) is 10.7. The Morgan fingerprint density at radius 2 is 2.32 bits per heavy atom. The molecule has 1 amide bonds. The van der Waals surface area contributed by atoms with Crippen LogP contribution in [0.15, 0.2) is 24.5 Å². The van der Waals surface area contributed by atoms with E-state index in [9.17, 15) is 4.79 Å². The summed E-state index contributed by atoms with van der Waals surface area (Å²) in [6.45, 7) is 3.91. The van der Waals surface area contributed by atoms with Crippen LogP contribution in [0.1, 0.15) is 18.9 Å². The number of carbonyl (C=O) groups excluding carboxylic acids is 1. The van der Waals surface area contributed by atoms with Crippen LogP contribution >= 0.6 is 15.9 Å². The molecule has 0 aliphatic carbocycles. The van der Waals surface area contributed by atoms with E-state index < -0.39 is 0 Å². The van der Waals surface area contributed by atoms with Gasteiger partial charge >= 0.3 is 0 Å². The van der Waals surface area contributed by atoms with Crippen molar-refractivity contribution in [3.63, 3.8) is 0 Å². The van der Waals surface area contributed by atoms with E-state index in [1.165, 1.54) is 6.33 Å². The molecule has 2 aromatic rings. The minimum atomic E-state index is -0.190. The number of nitrogens with zero attached hydrogens (tertiary/aromatic N) is 4. The van der Waals surface area contributed by atoms with E-state index in [0.717, 1.165) is 23.4 Å². The van der Waals surface area contributed by atoms with Crippen LogP contribution < -0.4 is 5.32 Å². The highest BCUT2D eigenvalue weighted by atomic mass is 79.9. The Kier molecular flexibility index (Phi) is 4.26. The van der Waals surface area contributed by atoms with Gasteiger partial charge in [-0.05, 0) is 41.5 Å². The van der Waals surface area contributed by atoms with E-state index in [-0.39, 0.29) is 10.7 Å². The number of halogens is 1. The summed E-state index contributed by atoms with van der Waals surface area (Å²) in [4.78, 5) is 11.6. The molecular formula is C12H14BrN5O. The van der Waals surface area contributed by atoms with Crippen molar-refractivity contribution in [1.29, 1.82) is 0 Å². The first-order valence-corrected chi connectivity index (χ1v) is 6.82. The lowest BCUT2D eigenvalue weighted by atomic mass is 10.1. The first kappa shape index (κ1) is 13.7. The second-order valence-electron chi connectivity index (χ2n) is 4.12. The molecule has 0 spiro atoms. The van der Waals surface area contributed by atoms with E-state index >= 15 is 0 Å². The summed E-state index contributed by atoms with van der Waals surface area (Å²) >= 11 is 3.32. The zero-order valence-corrected chi connectivity index (χ0v) is 12.3. The van der Waals surface area contributed by atoms with E-state index in [0.29, 0.717) is 0 Å². The molecule has 1 unspecified atom stereocenters. The van der Waals surface area contributed by atoms with Crippen molar-refractivity contribution in [2.24, 2.45) is 0 Å². The topological polar surface area (TPSA) is 72.7 Å². The molecule has 0 aliphatic heterocycles. The number of hydrogen-bond donors (Lipinski definition) is 1. The number of benzene rings is 1. The predicted molar refractivity (Wildman–Crippen MR) is 75.5 cm³/mol. The van der Waals surface area contributed by atoms with E-state index in [4.69, 9.17) is 0 Å². The predicted octanol–water partition coefficient (Wildman–Crippen LogP) is 2.08. The Balaban J connectivity index is 2.24. The summed E-state index contributed by atoms with van der Waals surface area (Å²) in [5.41, 5.74) is 2.58. The number of carbonyl (C=O) groups is 1. The molecule has 0 saturated carbocycles. The van der Waals surface area contributed by atoms with E-state index in [1.807, 2.05) is 32.0 Å². The van der Waals surface area contributed by atoms with Gasteiger partial charge in [0.1, 0.15) is 6.33 Å². The van der Waals surface area contributed by atoms with Crippen LogP contribution in [0, 0.1) is 6.92 Å². The van der Waals surface area contributed by atoms with Crippen molar-refractivity contribution in [1.82, 2.24) is 20.2 Å². The summed E-state index contributed by atoms with van der Waals surface area (Å²) < 4.78 is 1.57. The smallest absolute Gasteiger partial charge is 0.238 e. The molecule has 1 aromatic heterocycles. The maximum atomic E-state index is 11.8. The fraction of sp³-hybridized carbons (Fsp3) is 0.333. The monoisotopic (exact) mass is 323 g/mol. The van der Waals surface area contributed by atoms with E-state index in [2.05, 4.69) is 36.8 Å². The number of hydrogen-bond acceptors (Lipinski definition) is 4. The summed E-state index contributed by atoms with van der Waals surface area (Å²) in [5.74, 6) is -0.0611. The Labute approximate surface area is 119 Å². The molecular weight excluding hydrogens is 310 g/mol. The molecule has 0 fully saturated rings. The number of aromatic nitrogens is 4. The van der Waals surface area contributed by atoms with Crippen LogP contribution in [0.2, 0.25) is 0 Å². The highest BCUT2D eigenvalue weighted by molar-refractivity contribution is 9.10. The van der Waals surface area contributed by atoms with Gasteiger partial charge in [0.05, 0.1) is 10.5 Å². The number of aryl methyl sites for hydroxylation is 1. The first-order valence-electron chi connectivity index (χ1n) is 5.90. The third-order valence-electron chi connectivity index (χ3n) is 2.72. The van der Waals surface area contributed by atoms with Crippen LogP contribution in [0.5, 0.6) is 0 Å². The van der Waals surface area contributed by atoms with Crippen LogP contribution in [0.4, 0.5) is 5.69 Å². The lowest BCUT2D eigenvalue weighted by Gasteiger charge is -2.11. The number of rotatable bonds is 4. The van der Waals surface area contributed by atoms with Gasteiger partial charge < -0.3 is 5.32 Å². The molecule has 1 aromatic carbocycles. The molecule has 0 saturated heterocycles. The molecule has 0 aliphatic rings. The molecule has 1 heterocycles. The fourth-order valence-electron chi connectivity index (χ4n) is 1.61. The zero-order chi connectivity index (χ0) is 13.8. The third kappa shape index (κ3) is 3.17. The van der Waals surface area contributed by atoms with Gasteiger partial charge in [0.2, 0.25) is 5.91 Å². The van der Waals surface area contributed by atoms with Gasteiger partial charge in [-0.15, -0.1) is 5.10 Å². The van der Waals surface area contributed by atoms with E-state index in [1.54, 1.807) is 4.68 Å². The largest absolute Gasteiger partial charge is 0.325 e. The molecule has 7 heteroatoms. The van der Waals surface area contributed by atoms with Crippen LogP contribution in [-0.2, 0) is 4.79 Å². The van der Waals surface area contributed by atoms with Crippen molar-refractivity contribution in [2.75, 3.05) is 5.32 Å². The number of nitrogens with one attached hydrogen (secondary N) is 1. The second kappa shape index (κ2) is 5.92. The average Bonchev–Trinajstić information content (AvgIpc) is 2.93. The Morgan fingerprint density at radius 1 is 1.53 bits per heavy atom. The maximum absolute atomic E-state index is 11.8. The van der Waals surface area contributed by atoms with Crippen LogP contribution in [0.3, 0.4) is 0 Å². The Hall–Kier alpha value is -1.76. The number of amides is 1. The molecule has 1 N–H and O–H groups in total. The summed E-state index contributed by atoms with van der Waals surface area (Å²) in [6.07, 6.45) is 2.25. The van der Waals surface area contributed by atoms with Gasteiger partial charge in [-0.25, -0.2) is 4.68 Å². The minimum absolute atomic E-state index is 0.0611. The molecule has 100 valence electrons. The molecule has 2 rings (SSSR count). The Bertz CT molecular complexity index is 570. The standard InChI is InChI=1S/C12H14BrN5O/c1-3-10(13)12(19)15-9-5-4-8(2)11(6-9)18-7-14-16-17-18/h4-7,10H,3H2,1-2H3,(H,15,19). The SMILES string of the molecule is CCC(Br)C(=O)Nc1ccc(C)c(-n2cnnn2)c1. The normalized spacial score (nSPS) is 12.2. The number of alkyl halides is 1. The molecule has 0 bridgehead atoms. The Morgan fingerprint density at radius 3 is 2.95 bits per heavy atom. The van der Waals surface area contributed by atoms with Crippen molar-refractivity contribution >= 4 is 27.5 Å². The number of tetrazole rings is 1. The van der Waals surface area contributed by atoms with Crippen molar-refractivity contribution < 1.29 is 4.79 Å². The van der Waals surface area contributed by atoms with Gasteiger partial charge in [-0.3, -0.25) is 4.79 Å². The summed E-state index contributed by atoms with van der Waals surface area (Å²) in [7, 11) is 0. The van der Waals surface area contributed by atoms with Crippen molar-refractivity contribution in [2.45, 2.75) is 25.1 Å². The van der Waals surface area contributed by atoms with Crippen molar-refractivity contribution in [3.8, 4) is 5.69 Å². The van der Waals surface area contributed by atoms with Crippen molar-refractivity contribution in [3.05, 3.63) is 30.1 Å². The first-order chi connectivity index (χ1) is 9.11. The second-order valence-corrected chi connectivity index (χ2v) is 5.23. The summed E-state index contributed by atoms with van der Waals surface area (Å²) in [6, 6.07) is 5.62. The van der Waals surface area contributed by atoms with Gasteiger partial charge in [0.15, 0.2) is 0 Å². The highest BCUT2D eigenvalue weighted by Gasteiger charge is 2.13. The fourth-order valence-corrected chi connectivity index (χ4v) is 1.73. The van der Waals surface area contributed by atoms with Crippen LogP contribution in [0.25, 0.3) is 5.69 Å². The van der Waals surface area contributed by atoms with Crippen LogP contribution in [-0.4, -0.2) is 30.9 Å². The lowest BCUT2D eigenvalue weighted by Crippen LogP contribution is -2.22. The summed E-state index contributed by atoms with van der Waals surface area (Å²) in [5, 5.41) is 13.9. The molecule has 1 atom stereocenters. The molecule has 19 heavy (non-hydrogen) atoms.